The van der Waals surface area contributed by atoms with Gasteiger partial charge in [0.1, 0.15) is 0 Å². The van der Waals surface area contributed by atoms with E-state index in [0.717, 1.165) is 19.5 Å². The molecule has 4 N–H and O–H groups in total. The molecule has 1 aliphatic heterocycles. The topological polar surface area (TPSA) is 91.0 Å². The average molecular weight is 276 g/mol. The zero-order valence-corrected chi connectivity index (χ0v) is 11.5. The summed E-state index contributed by atoms with van der Waals surface area (Å²) in [5, 5.41) is 14.4. The first-order chi connectivity index (χ1) is 9.60. The molecule has 1 unspecified atom stereocenters. The standard InChI is InChI=1S/C14H20N4O2/c1-18-7-6-10(9-18)8-16-14(19)12-4-2-11(3-5-12)13(15)17-20/h2-5,10,20H,6-9H2,1H3,(H2,15,17)(H,16,19). The van der Waals surface area contributed by atoms with Crippen molar-refractivity contribution in [1.29, 1.82) is 0 Å². The minimum Gasteiger partial charge on any atom is -0.409 e. The second-order valence-corrected chi connectivity index (χ2v) is 5.19. The monoisotopic (exact) mass is 276 g/mol. The van der Waals surface area contributed by atoms with Crippen molar-refractivity contribution >= 4 is 11.7 Å². The Morgan fingerprint density at radius 1 is 1.45 bits per heavy atom. The highest BCUT2D eigenvalue weighted by Crippen LogP contribution is 2.13. The number of rotatable bonds is 4. The van der Waals surface area contributed by atoms with E-state index in [-0.39, 0.29) is 11.7 Å². The van der Waals surface area contributed by atoms with Crippen LogP contribution in [0.2, 0.25) is 0 Å². The summed E-state index contributed by atoms with van der Waals surface area (Å²) >= 11 is 0. The van der Waals surface area contributed by atoms with Gasteiger partial charge in [-0.2, -0.15) is 0 Å². The van der Waals surface area contributed by atoms with Crippen LogP contribution in [0, 0.1) is 5.92 Å². The minimum absolute atomic E-state index is 0.0333. The molecule has 20 heavy (non-hydrogen) atoms. The van der Waals surface area contributed by atoms with Gasteiger partial charge in [0.2, 0.25) is 0 Å². The van der Waals surface area contributed by atoms with Gasteiger partial charge in [-0.3, -0.25) is 4.79 Å². The second kappa shape index (κ2) is 6.38. The highest BCUT2D eigenvalue weighted by Gasteiger charge is 2.19. The van der Waals surface area contributed by atoms with Crippen molar-refractivity contribution in [2.24, 2.45) is 16.8 Å². The smallest absolute Gasteiger partial charge is 0.251 e. The Labute approximate surface area is 118 Å². The maximum atomic E-state index is 12.0. The quantitative estimate of drug-likeness (QED) is 0.322. The number of nitrogens with two attached hydrogens (primary N) is 1. The van der Waals surface area contributed by atoms with Crippen LogP contribution >= 0.6 is 0 Å². The third-order valence-corrected chi connectivity index (χ3v) is 3.59. The van der Waals surface area contributed by atoms with Gasteiger partial charge in [0.25, 0.3) is 5.91 Å². The number of amides is 1. The van der Waals surface area contributed by atoms with Crippen LogP contribution in [0.3, 0.4) is 0 Å². The van der Waals surface area contributed by atoms with Gasteiger partial charge in [-0.15, -0.1) is 0 Å². The van der Waals surface area contributed by atoms with Gasteiger partial charge in [0, 0.05) is 24.2 Å². The third kappa shape index (κ3) is 3.48. The summed E-state index contributed by atoms with van der Waals surface area (Å²) in [6.07, 6.45) is 1.12. The van der Waals surface area contributed by atoms with Crippen LogP contribution < -0.4 is 11.1 Å². The van der Waals surface area contributed by atoms with Crippen LogP contribution in [-0.4, -0.2) is 48.5 Å². The number of nitrogens with one attached hydrogen (secondary N) is 1. The lowest BCUT2D eigenvalue weighted by Gasteiger charge is -2.11. The van der Waals surface area contributed by atoms with Crippen molar-refractivity contribution in [1.82, 2.24) is 10.2 Å². The van der Waals surface area contributed by atoms with Crippen LogP contribution in [0.5, 0.6) is 0 Å². The number of likely N-dealkylation sites (tertiary alicyclic amines) is 1. The lowest BCUT2D eigenvalue weighted by Crippen LogP contribution is -2.30. The number of oxime groups is 1. The predicted octanol–water partition coefficient (Wildman–Crippen LogP) is 0.463. The van der Waals surface area contributed by atoms with E-state index in [1.54, 1.807) is 24.3 Å². The molecule has 0 spiro atoms. The SMILES string of the molecule is CN1CCC(CNC(=O)c2ccc(/C(N)=N/O)cc2)C1. The molecule has 1 atom stereocenters. The molecule has 1 amide bonds. The van der Waals surface area contributed by atoms with Crippen LogP contribution in [0.4, 0.5) is 0 Å². The van der Waals surface area contributed by atoms with E-state index in [2.05, 4.69) is 22.4 Å². The number of nitrogens with zero attached hydrogens (tertiary/aromatic N) is 2. The lowest BCUT2D eigenvalue weighted by atomic mass is 10.1. The molecule has 1 aromatic carbocycles. The molecule has 0 bridgehead atoms. The molecule has 0 radical (unpaired) electrons. The Morgan fingerprint density at radius 2 is 2.10 bits per heavy atom. The van der Waals surface area contributed by atoms with Crippen molar-refractivity contribution in [3.8, 4) is 0 Å². The average Bonchev–Trinajstić information content (AvgIpc) is 2.89. The van der Waals surface area contributed by atoms with Crippen molar-refractivity contribution < 1.29 is 10.0 Å². The van der Waals surface area contributed by atoms with Gasteiger partial charge < -0.3 is 21.2 Å². The second-order valence-electron chi connectivity index (χ2n) is 5.19. The Morgan fingerprint density at radius 3 is 2.65 bits per heavy atom. The number of benzene rings is 1. The fourth-order valence-electron chi connectivity index (χ4n) is 2.38. The number of hydrogen-bond acceptors (Lipinski definition) is 4. The summed E-state index contributed by atoms with van der Waals surface area (Å²) in [4.78, 5) is 14.3. The van der Waals surface area contributed by atoms with Gasteiger partial charge in [-0.05, 0) is 38.1 Å². The molecular formula is C14H20N4O2. The van der Waals surface area contributed by atoms with E-state index < -0.39 is 0 Å². The Kier molecular flexibility index (Phi) is 4.57. The van der Waals surface area contributed by atoms with Crippen molar-refractivity contribution in [3.05, 3.63) is 35.4 Å². The summed E-state index contributed by atoms with van der Waals surface area (Å²) in [7, 11) is 2.09. The van der Waals surface area contributed by atoms with Gasteiger partial charge >= 0.3 is 0 Å². The predicted molar refractivity (Wildman–Crippen MR) is 76.9 cm³/mol. The van der Waals surface area contributed by atoms with E-state index in [9.17, 15) is 4.79 Å². The van der Waals surface area contributed by atoms with Crippen LogP contribution in [0.1, 0.15) is 22.3 Å². The highest BCUT2D eigenvalue weighted by atomic mass is 16.4. The summed E-state index contributed by atoms with van der Waals surface area (Å²) < 4.78 is 0. The Balaban J connectivity index is 1.89. The number of carbonyl (C=O) groups is 1. The van der Waals surface area contributed by atoms with Crippen LogP contribution in [0.25, 0.3) is 0 Å². The van der Waals surface area contributed by atoms with Gasteiger partial charge in [-0.25, -0.2) is 0 Å². The van der Waals surface area contributed by atoms with Crippen LogP contribution in [-0.2, 0) is 0 Å². The summed E-state index contributed by atoms with van der Waals surface area (Å²) in [5.41, 5.74) is 6.63. The zero-order valence-electron chi connectivity index (χ0n) is 11.5. The molecule has 1 heterocycles. The largest absolute Gasteiger partial charge is 0.409 e. The van der Waals surface area contributed by atoms with E-state index in [0.29, 0.717) is 23.6 Å². The first-order valence-corrected chi connectivity index (χ1v) is 6.65. The molecule has 1 aromatic rings. The lowest BCUT2D eigenvalue weighted by molar-refractivity contribution is 0.0947. The first-order valence-electron chi connectivity index (χ1n) is 6.65. The summed E-state index contributed by atoms with van der Waals surface area (Å²) in [5.74, 6) is 0.469. The number of hydrogen-bond donors (Lipinski definition) is 3. The molecule has 108 valence electrons. The maximum absolute atomic E-state index is 12.0. The Bertz CT molecular complexity index is 498. The summed E-state index contributed by atoms with van der Waals surface area (Å²) in [6.45, 7) is 2.82. The molecule has 0 aliphatic carbocycles. The van der Waals surface area contributed by atoms with Crippen LogP contribution in [0.15, 0.2) is 29.4 Å². The molecule has 1 fully saturated rings. The van der Waals surface area contributed by atoms with Crippen molar-refractivity contribution in [2.75, 3.05) is 26.7 Å². The third-order valence-electron chi connectivity index (χ3n) is 3.59. The molecule has 1 saturated heterocycles. The highest BCUT2D eigenvalue weighted by molar-refractivity contribution is 5.99. The van der Waals surface area contributed by atoms with Gasteiger partial charge in [0.15, 0.2) is 5.84 Å². The van der Waals surface area contributed by atoms with E-state index in [1.165, 1.54) is 0 Å². The molecule has 6 heteroatoms. The van der Waals surface area contributed by atoms with E-state index in [4.69, 9.17) is 10.9 Å². The van der Waals surface area contributed by atoms with E-state index >= 15 is 0 Å². The molecule has 1 aliphatic rings. The first kappa shape index (κ1) is 14.3. The molecule has 2 rings (SSSR count). The zero-order chi connectivity index (χ0) is 14.5. The normalized spacial score (nSPS) is 20.1. The maximum Gasteiger partial charge on any atom is 0.251 e. The molecule has 0 aromatic heterocycles. The molecule has 0 saturated carbocycles. The fraction of sp³-hybridized carbons (Fsp3) is 0.429. The van der Waals surface area contributed by atoms with Crippen molar-refractivity contribution in [3.63, 3.8) is 0 Å². The fourth-order valence-corrected chi connectivity index (χ4v) is 2.38. The number of carbonyl (C=O) groups excluding carboxylic acids is 1. The van der Waals surface area contributed by atoms with Gasteiger partial charge in [0.05, 0.1) is 0 Å². The Hall–Kier alpha value is -2.08. The van der Waals surface area contributed by atoms with E-state index in [1.807, 2.05) is 0 Å². The minimum atomic E-state index is -0.0920. The van der Waals surface area contributed by atoms with Gasteiger partial charge in [-0.1, -0.05) is 17.3 Å². The number of amidine groups is 1. The summed E-state index contributed by atoms with van der Waals surface area (Å²) in [6, 6.07) is 6.66. The van der Waals surface area contributed by atoms with Crippen molar-refractivity contribution in [2.45, 2.75) is 6.42 Å². The molecule has 6 nitrogen and oxygen atoms in total. The molecular weight excluding hydrogens is 256 g/mol.